The van der Waals surface area contributed by atoms with Crippen molar-refractivity contribution >= 4 is 74.2 Å². The highest BCUT2D eigenvalue weighted by Crippen LogP contribution is 2.44. The van der Waals surface area contributed by atoms with Gasteiger partial charge in [0.1, 0.15) is 33.5 Å². The van der Waals surface area contributed by atoms with Gasteiger partial charge in [0.15, 0.2) is 0 Å². The molecule has 0 aliphatic rings. The SMILES string of the molecule is [B].c1ccc(-c2cc(-c3ccccc3-c3ccc(-c4ccc5oc6ccccc6c5c4)nc3)cc(-c3ccccc3-c3ccc(-c4ccc5oc6ccccc6c5c4)nc3)c2)c(-c2ccc(-c3ccc4oc5ccccc5c4c3)nc2)c1. The minimum absolute atomic E-state index is 0. The predicted octanol–water partition coefficient (Wildman–Crippen LogP) is 20.2. The minimum Gasteiger partial charge on any atom is -0.456 e. The second-order valence-corrected chi connectivity index (χ2v) is 20.7. The van der Waals surface area contributed by atoms with E-state index in [4.69, 9.17) is 28.2 Å². The van der Waals surface area contributed by atoms with E-state index >= 15 is 0 Å². The van der Waals surface area contributed by atoms with Crippen LogP contribution in [-0.2, 0) is 0 Å². The zero-order chi connectivity index (χ0) is 53.4. The summed E-state index contributed by atoms with van der Waals surface area (Å²) in [5.74, 6) is 0. The molecule has 0 spiro atoms. The van der Waals surface area contributed by atoms with E-state index in [-0.39, 0.29) is 8.41 Å². The molecule has 6 aromatic heterocycles. The molecule has 6 nitrogen and oxygen atoms in total. The first-order valence-corrected chi connectivity index (χ1v) is 27.2. The van der Waals surface area contributed by atoms with Crippen LogP contribution in [0.3, 0.4) is 0 Å². The second kappa shape index (κ2) is 19.8. The molecule has 7 heteroatoms. The van der Waals surface area contributed by atoms with Gasteiger partial charge >= 0.3 is 0 Å². The molecule has 82 heavy (non-hydrogen) atoms. The maximum Gasteiger partial charge on any atom is 0.135 e. The Morgan fingerprint density at radius 2 is 0.439 bits per heavy atom. The van der Waals surface area contributed by atoms with Crippen molar-refractivity contribution in [2.24, 2.45) is 0 Å². The van der Waals surface area contributed by atoms with E-state index in [1.54, 1.807) is 0 Å². The highest BCUT2D eigenvalue weighted by molar-refractivity contribution is 6.08. The Hall–Kier alpha value is -10.9. The number of rotatable bonds is 9. The molecule has 0 bridgehead atoms. The first kappa shape index (κ1) is 48.3. The molecule has 0 amide bonds. The first-order chi connectivity index (χ1) is 40.1. The first-order valence-electron chi connectivity index (χ1n) is 27.2. The summed E-state index contributed by atoms with van der Waals surface area (Å²) in [6.07, 6.45) is 6.00. The van der Waals surface area contributed by atoms with E-state index in [0.717, 1.165) is 166 Å². The van der Waals surface area contributed by atoms with Gasteiger partial charge in [0, 0.05) is 92.7 Å². The van der Waals surface area contributed by atoms with E-state index < -0.39 is 0 Å². The van der Waals surface area contributed by atoms with Crippen molar-refractivity contribution in [3.05, 3.63) is 273 Å². The lowest BCUT2D eigenvalue weighted by Crippen LogP contribution is -1.93. The van der Waals surface area contributed by atoms with Crippen LogP contribution in [0.4, 0.5) is 0 Å². The number of hydrogen-bond acceptors (Lipinski definition) is 6. The second-order valence-electron chi connectivity index (χ2n) is 20.7. The van der Waals surface area contributed by atoms with Gasteiger partial charge in [0.05, 0.1) is 17.1 Å². The summed E-state index contributed by atoms with van der Waals surface area (Å²) in [6, 6.07) is 89.4. The summed E-state index contributed by atoms with van der Waals surface area (Å²) in [6.45, 7) is 0. The van der Waals surface area contributed by atoms with Crippen molar-refractivity contribution in [3.63, 3.8) is 0 Å². The van der Waals surface area contributed by atoms with Gasteiger partial charge in [-0.1, -0.05) is 146 Å². The summed E-state index contributed by atoms with van der Waals surface area (Å²) in [7, 11) is 0. The van der Waals surface area contributed by atoms with E-state index in [9.17, 15) is 0 Å². The lowest BCUT2D eigenvalue weighted by molar-refractivity contribution is 0.668. The molecule has 0 fully saturated rings. The van der Waals surface area contributed by atoms with Gasteiger partial charge in [-0.2, -0.15) is 0 Å². The summed E-state index contributed by atoms with van der Waals surface area (Å²) in [5.41, 5.74) is 23.9. The Labute approximate surface area is 473 Å². The zero-order valence-electron chi connectivity index (χ0n) is 44.1. The quantitative estimate of drug-likeness (QED) is 0.134. The van der Waals surface area contributed by atoms with Crippen molar-refractivity contribution in [2.45, 2.75) is 0 Å². The van der Waals surface area contributed by atoms with Gasteiger partial charge in [-0.15, -0.1) is 0 Å². The number of para-hydroxylation sites is 3. The van der Waals surface area contributed by atoms with Crippen molar-refractivity contribution in [1.82, 2.24) is 15.0 Å². The van der Waals surface area contributed by atoms with E-state index in [0.29, 0.717) is 0 Å². The van der Waals surface area contributed by atoms with E-state index in [2.05, 4.69) is 200 Å². The zero-order valence-corrected chi connectivity index (χ0v) is 44.1. The van der Waals surface area contributed by atoms with Crippen molar-refractivity contribution in [3.8, 4) is 101 Å². The lowest BCUT2D eigenvalue weighted by atomic mass is 9.86. The number of furan rings is 3. The molecular formula is C75H45BN3O3. The van der Waals surface area contributed by atoms with Crippen LogP contribution in [0.1, 0.15) is 0 Å². The fourth-order valence-electron chi connectivity index (χ4n) is 11.9. The molecule has 0 saturated heterocycles. The summed E-state index contributed by atoms with van der Waals surface area (Å²) in [4.78, 5) is 15.3. The van der Waals surface area contributed by atoms with Crippen molar-refractivity contribution < 1.29 is 13.3 Å². The van der Waals surface area contributed by atoms with Crippen LogP contribution in [0.5, 0.6) is 0 Å². The normalized spacial score (nSPS) is 11.6. The molecule has 0 aliphatic heterocycles. The van der Waals surface area contributed by atoms with Gasteiger partial charge in [0.25, 0.3) is 0 Å². The molecule has 6 heterocycles. The fraction of sp³-hybridized carbons (Fsp3) is 0. The maximum atomic E-state index is 6.15. The topological polar surface area (TPSA) is 78.1 Å². The molecule has 0 saturated carbocycles. The van der Waals surface area contributed by atoms with Crippen molar-refractivity contribution in [2.75, 3.05) is 0 Å². The Morgan fingerprint density at radius 3 is 0.720 bits per heavy atom. The maximum absolute atomic E-state index is 6.15. The van der Waals surface area contributed by atoms with Gasteiger partial charge in [0.2, 0.25) is 0 Å². The van der Waals surface area contributed by atoms with Gasteiger partial charge in [-0.3, -0.25) is 15.0 Å². The minimum atomic E-state index is 0. The molecule has 381 valence electrons. The molecule has 0 unspecified atom stereocenters. The number of nitrogens with zero attached hydrogens (tertiary/aromatic N) is 3. The Balaban J connectivity index is 0.00000576. The Morgan fingerprint density at radius 1 is 0.195 bits per heavy atom. The monoisotopic (exact) mass is 1050 g/mol. The lowest BCUT2D eigenvalue weighted by Gasteiger charge is -2.18. The highest BCUT2D eigenvalue weighted by Gasteiger charge is 2.19. The molecule has 16 rings (SSSR count). The largest absolute Gasteiger partial charge is 0.456 e. The molecule has 3 radical (unpaired) electrons. The van der Waals surface area contributed by atoms with E-state index in [1.807, 2.05) is 73.2 Å². The number of pyridine rings is 3. The van der Waals surface area contributed by atoms with Gasteiger partial charge in [-0.05, 0) is 159 Å². The average Bonchev–Trinajstić information content (AvgIpc) is 4.12. The predicted molar refractivity (Wildman–Crippen MR) is 336 cm³/mol. The number of benzene rings is 10. The Kier molecular flexibility index (Phi) is 11.6. The third-order valence-corrected chi connectivity index (χ3v) is 15.9. The number of aromatic nitrogens is 3. The third-order valence-electron chi connectivity index (χ3n) is 15.9. The molecule has 16 aromatic rings. The average molecular weight is 1050 g/mol. The number of fused-ring (bicyclic) bond motifs is 9. The molecule has 10 aromatic carbocycles. The van der Waals surface area contributed by atoms with Crippen molar-refractivity contribution in [1.29, 1.82) is 0 Å². The fourth-order valence-corrected chi connectivity index (χ4v) is 11.9. The van der Waals surface area contributed by atoms with Crippen LogP contribution in [0.2, 0.25) is 0 Å². The molecular weight excluding hydrogens is 1000 g/mol. The third kappa shape index (κ3) is 8.34. The molecule has 0 aliphatic carbocycles. The van der Waals surface area contributed by atoms with Crippen LogP contribution in [0.15, 0.2) is 287 Å². The van der Waals surface area contributed by atoms with Crippen LogP contribution < -0.4 is 0 Å². The smallest absolute Gasteiger partial charge is 0.135 e. The van der Waals surface area contributed by atoms with Crippen LogP contribution in [0, 0.1) is 0 Å². The van der Waals surface area contributed by atoms with Gasteiger partial charge in [-0.25, -0.2) is 0 Å². The van der Waals surface area contributed by atoms with Gasteiger partial charge < -0.3 is 13.3 Å². The Bertz CT molecular complexity index is 4590. The van der Waals surface area contributed by atoms with Crippen LogP contribution in [-0.4, -0.2) is 23.4 Å². The van der Waals surface area contributed by atoms with E-state index in [1.165, 1.54) is 0 Å². The van der Waals surface area contributed by atoms with Crippen LogP contribution >= 0.6 is 0 Å². The molecule has 0 N–H and O–H groups in total. The summed E-state index contributed by atoms with van der Waals surface area (Å²) < 4.78 is 18.5. The summed E-state index contributed by atoms with van der Waals surface area (Å²) >= 11 is 0. The highest BCUT2D eigenvalue weighted by atomic mass is 16.3. The molecule has 0 atom stereocenters. The standard InChI is InChI=1S/C75H45N3O3.B/c1-4-16-58(55(13-1)49-25-31-67(76-43-49)46-28-34-73-64(40-46)61-19-7-10-22-70(61)79-73)52-37-53(59-17-5-2-14-56(59)50-26-32-68(77-44-50)47-29-35-74-65(41-47)62-20-8-11-23-71(62)80-74)39-54(38-52)60-18-6-3-15-57(60)51-27-33-69(78-45-51)48-30-36-75-66(42-48)63-21-9-12-24-72(63)81-75;/h1-45H;. The summed E-state index contributed by atoms with van der Waals surface area (Å²) in [5, 5.41) is 6.52. The van der Waals surface area contributed by atoms with Crippen LogP contribution in [0.25, 0.3) is 166 Å². The number of hydrogen-bond donors (Lipinski definition) is 0.